The fourth-order valence-electron chi connectivity index (χ4n) is 4.00. The topological polar surface area (TPSA) is 41.4 Å². The average molecular weight is 338 g/mol. The van der Waals surface area contributed by atoms with E-state index in [1.165, 1.54) is 16.8 Å². The molecule has 0 spiro atoms. The van der Waals surface area contributed by atoms with Gasteiger partial charge in [-0.25, -0.2) is 0 Å². The molecule has 1 unspecified atom stereocenters. The summed E-state index contributed by atoms with van der Waals surface area (Å²) in [6.45, 7) is 6.78. The molecule has 1 amide bonds. The Morgan fingerprint density at radius 3 is 2.80 bits per heavy atom. The van der Waals surface area contributed by atoms with Crippen molar-refractivity contribution < 1.29 is 4.79 Å². The predicted molar refractivity (Wildman–Crippen MR) is 97.0 cm³/mol. The second kappa shape index (κ2) is 7.00. The molecule has 1 saturated heterocycles. The monoisotopic (exact) mass is 338 g/mol. The number of aryl methyl sites for hydroxylation is 1. The molecule has 5 heteroatoms. The number of aromatic nitrogens is 2. The van der Waals surface area contributed by atoms with E-state index in [0.717, 1.165) is 52.0 Å². The molecule has 5 nitrogen and oxygen atoms in total. The van der Waals surface area contributed by atoms with E-state index in [4.69, 9.17) is 0 Å². The molecule has 0 aliphatic carbocycles. The van der Waals surface area contributed by atoms with Crippen LogP contribution in [0.5, 0.6) is 0 Å². The van der Waals surface area contributed by atoms with Gasteiger partial charge in [-0.15, -0.1) is 0 Å². The average Bonchev–Trinajstić information content (AvgIpc) is 3.23. The van der Waals surface area contributed by atoms with Gasteiger partial charge in [0, 0.05) is 45.3 Å². The summed E-state index contributed by atoms with van der Waals surface area (Å²) in [4.78, 5) is 16.4. The van der Waals surface area contributed by atoms with Gasteiger partial charge in [0.25, 0.3) is 0 Å². The lowest BCUT2D eigenvalue weighted by Gasteiger charge is -2.34. The van der Waals surface area contributed by atoms with Gasteiger partial charge in [0.2, 0.25) is 5.91 Å². The van der Waals surface area contributed by atoms with Crippen LogP contribution in [0.15, 0.2) is 36.5 Å². The predicted octanol–water partition coefficient (Wildman–Crippen LogP) is 2.76. The second-order valence-electron chi connectivity index (χ2n) is 7.35. The highest BCUT2D eigenvalue weighted by Crippen LogP contribution is 2.25. The molecular formula is C20H26N4O. The normalized spacial score (nSPS) is 20.9. The van der Waals surface area contributed by atoms with Gasteiger partial charge < -0.3 is 4.90 Å². The van der Waals surface area contributed by atoms with E-state index in [2.05, 4.69) is 51.9 Å². The lowest BCUT2D eigenvalue weighted by molar-refractivity contribution is -0.127. The van der Waals surface area contributed by atoms with Crippen molar-refractivity contribution in [3.05, 3.63) is 53.3 Å². The molecule has 2 aromatic rings. The summed E-state index contributed by atoms with van der Waals surface area (Å²) < 4.78 is 2.17. The largest absolute Gasteiger partial charge is 0.343 e. The standard InChI is InChI=1S/C20H26N4O/c1-16-4-6-17(7-5-16)13-22-14-18-8-10-21-24(18)19(15-22)9-12-23-11-2-3-20(23)25/h4-8,10,19H,2-3,9,11-15H2,1H3. The van der Waals surface area contributed by atoms with Crippen molar-refractivity contribution in [1.29, 1.82) is 0 Å². The van der Waals surface area contributed by atoms with Crippen LogP contribution in [0, 0.1) is 6.92 Å². The Hall–Kier alpha value is -2.14. The highest BCUT2D eigenvalue weighted by atomic mass is 16.2. The third kappa shape index (κ3) is 3.61. The van der Waals surface area contributed by atoms with Gasteiger partial charge in [0.05, 0.1) is 11.7 Å². The first-order valence-electron chi connectivity index (χ1n) is 9.27. The van der Waals surface area contributed by atoms with Crippen LogP contribution >= 0.6 is 0 Å². The Morgan fingerprint density at radius 1 is 1.20 bits per heavy atom. The van der Waals surface area contributed by atoms with Crippen molar-refractivity contribution in [3.63, 3.8) is 0 Å². The highest BCUT2D eigenvalue weighted by Gasteiger charge is 2.27. The van der Waals surface area contributed by atoms with Crippen LogP contribution in [-0.4, -0.2) is 45.1 Å². The summed E-state index contributed by atoms with van der Waals surface area (Å²) in [5, 5.41) is 4.54. The summed E-state index contributed by atoms with van der Waals surface area (Å²) >= 11 is 0. The van der Waals surface area contributed by atoms with Crippen LogP contribution in [0.4, 0.5) is 0 Å². The van der Waals surface area contributed by atoms with Crippen molar-refractivity contribution in [3.8, 4) is 0 Å². The molecule has 3 heterocycles. The maximum Gasteiger partial charge on any atom is 0.222 e. The Bertz CT molecular complexity index is 736. The van der Waals surface area contributed by atoms with Crippen molar-refractivity contribution in [2.24, 2.45) is 0 Å². The maximum atomic E-state index is 11.9. The first kappa shape index (κ1) is 16.3. The lowest BCUT2D eigenvalue weighted by atomic mass is 10.1. The summed E-state index contributed by atoms with van der Waals surface area (Å²) in [5.41, 5.74) is 3.93. The number of amides is 1. The van der Waals surface area contributed by atoms with Crippen LogP contribution in [0.1, 0.15) is 42.1 Å². The van der Waals surface area contributed by atoms with Gasteiger partial charge in [-0.05, 0) is 31.4 Å². The molecule has 2 aliphatic rings. The van der Waals surface area contributed by atoms with Crippen LogP contribution in [0.25, 0.3) is 0 Å². The molecule has 2 aliphatic heterocycles. The smallest absolute Gasteiger partial charge is 0.222 e. The van der Waals surface area contributed by atoms with Crippen LogP contribution in [-0.2, 0) is 17.9 Å². The Balaban J connectivity index is 1.43. The van der Waals surface area contributed by atoms with Gasteiger partial charge in [-0.1, -0.05) is 29.8 Å². The fraction of sp³-hybridized carbons (Fsp3) is 0.500. The Labute approximate surface area is 149 Å². The number of rotatable bonds is 5. The van der Waals surface area contributed by atoms with Gasteiger partial charge >= 0.3 is 0 Å². The molecule has 132 valence electrons. The van der Waals surface area contributed by atoms with Gasteiger partial charge in [-0.2, -0.15) is 5.10 Å². The third-order valence-electron chi connectivity index (χ3n) is 5.38. The van der Waals surface area contributed by atoms with E-state index in [0.29, 0.717) is 11.9 Å². The maximum absolute atomic E-state index is 11.9. The second-order valence-corrected chi connectivity index (χ2v) is 7.35. The van der Waals surface area contributed by atoms with E-state index in [1.807, 2.05) is 11.1 Å². The molecular weight excluding hydrogens is 312 g/mol. The minimum absolute atomic E-state index is 0.313. The van der Waals surface area contributed by atoms with E-state index >= 15 is 0 Å². The van der Waals surface area contributed by atoms with Crippen molar-refractivity contribution in [2.45, 2.75) is 45.3 Å². The summed E-state index contributed by atoms with van der Waals surface area (Å²) in [6, 6.07) is 11.3. The van der Waals surface area contributed by atoms with Crippen LogP contribution < -0.4 is 0 Å². The van der Waals surface area contributed by atoms with E-state index in [-0.39, 0.29) is 0 Å². The zero-order chi connectivity index (χ0) is 17.2. The van der Waals surface area contributed by atoms with Crippen LogP contribution in [0.2, 0.25) is 0 Å². The number of hydrogen-bond acceptors (Lipinski definition) is 3. The lowest BCUT2D eigenvalue weighted by Crippen LogP contribution is -2.39. The van der Waals surface area contributed by atoms with Crippen molar-refractivity contribution >= 4 is 5.91 Å². The highest BCUT2D eigenvalue weighted by molar-refractivity contribution is 5.77. The van der Waals surface area contributed by atoms with Crippen LogP contribution in [0.3, 0.4) is 0 Å². The summed E-state index contributed by atoms with van der Waals surface area (Å²) in [6.07, 6.45) is 4.61. The molecule has 0 bridgehead atoms. The quantitative estimate of drug-likeness (QED) is 0.842. The number of carbonyl (C=O) groups excluding carboxylic acids is 1. The molecule has 25 heavy (non-hydrogen) atoms. The van der Waals surface area contributed by atoms with E-state index < -0.39 is 0 Å². The summed E-state index contributed by atoms with van der Waals surface area (Å²) in [7, 11) is 0. The molecule has 0 saturated carbocycles. The molecule has 4 rings (SSSR count). The summed E-state index contributed by atoms with van der Waals surface area (Å²) in [5.74, 6) is 0.313. The number of hydrogen-bond donors (Lipinski definition) is 0. The molecule has 0 N–H and O–H groups in total. The Morgan fingerprint density at radius 2 is 2.04 bits per heavy atom. The van der Waals surface area contributed by atoms with Gasteiger partial charge in [-0.3, -0.25) is 14.4 Å². The Kier molecular flexibility index (Phi) is 4.57. The van der Waals surface area contributed by atoms with E-state index in [1.54, 1.807) is 0 Å². The number of carbonyl (C=O) groups is 1. The van der Waals surface area contributed by atoms with E-state index in [9.17, 15) is 4.79 Å². The molecule has 1 aromatic carbocycles. The molecule has 1 atom stereocenters. The first-order valence-corrected chi connectivity index (χ1v) is 9.27. The number of nitrogens with zero attached hydrogens (tertiary/aromatic N) is 4. The zero-order valence-corrected chi connectivity index (χ0v) is 14.9. The van der Waals surface area contributed by atoms with Gasteiger partial charge in [0.1, 0.15) is 0 Å². The van der Waals surface area contributed by atoms with Crippen molar-refractivity contribution in [1.82, 2.24) is 19.6 Å². The van der Waals surface area contributed by atoms with Crippen molar-refractivity contribution in [2.75, 3.05) is 19.6 Å². The minimum atomic E-state index is 0.313. The zero-order valence-electron chi connectivity index (χ0n) is 14.9. The number of fused-ring (bicyclic) bond motifs is 1. The number of likely N-dealkylation sites (tertiary alicyclic amines) is 1. The van der Waals surface area contributed by atoms with Gasteiger partial charge in [0.15, 0.2) is 0 Å². The SMILES string of the molecule is Cc1ccc(CN2Cc3ccnn3C(CCN3CCCC3=O)C2)cc1. The fourth-order valence-corrected chi connectivity index (χ4v) is 4.00. The molecule has 0 radical (unpaired) electrons. The molecule has 1 aromatic heterocycles. The molecule has 1 fully saturated rings. The first-order chi connectivity index (χ1) is 12.2. The third-order valence-corrected chi connectivity index (χ3v) is 5.38. The minimum Gasteiger partial charge on any atom is -0.343 e. The number of benzene rings is 1.